The molecule has 9 heavy (non-hydrogen) atoms. The van der Waals surface area contributed by atoms with Crippen LogP contribution in [0.1, 0.15) is 20.8 Å². The fourth-order valence-electron chi connectivity index (χ4n) is 0.772. The normalized spacial score (nSPS) is 13.7. The summed E-state index contributed by atoms with van der Waals surface area (Å²) in [7, 11) is 1.79. The van der Waals surface area contributed by atoms with Crippen LogP contribution >= 0.6 is 0 Å². The lowest BCUT2D eigenvalue weighted by atomic mass is 10.1. The molecule has 0 spiro atoms. The fraction of sp³-hybridized carbons (Fsp3) is 0.625. The van der Waals surface area contributed by atoms with Crippen LogP contribution in [0.5, 0.6) is 0 Å². The number of aliphatic imine (C=N–C) groups is 1. The fourth-order valence-corrected chi connectivity index (χ4v) is 0.772. The van der Waals surface area contributed by atoms with Gasteiger partial charge in [0.15, 0.2) is 0 Å². The summed E-state index contributed by atoms with van der Waals surface area (Å²) >= 11 is 0. The van der Waals surface area contributed by atoms with Gasteiger partial charge in [-0.2, -0.15) is 0 Å². The minimum atomic E-state index is 0.628. The molecule has 0 heterocycles. The maximum atomic E-state index is 3.90. The van der Waals surface area contributed by atoms with Crippen molar-refractivity contribution in [2.75, 3.05) is 7.05 Å². The van der Waals surface area contributed by atoms with E-state index in [9.17, 15) is 0 Å². The Labute approximate surface area is 57.5 Å². The van der Waals surface area contributed by atoms with Gasteiger partial charge in [0.2, 0.25) is 0 Å². The highest BCUT2D eigenvalue weighted by atomic mass is 14.6. The standard InChI is InChI=1S/C8H15N/c1-7(2)5-8(3)6-9-4/h5-7H,1-4H3/b8-5-,9-6?. The Balaban J connectivity index is 3.84. The van der Waals surface area contributed by atoms with Crippen LogP contribution in [-0.4, -0.2) is 13.3 Å². The Morgan fingerprint density at radius 1 is 1.44 bits per heavy atom. The lowest BCUT2D eigenvalue weighted by molar-refractivity contribution is 0.827. The van der Waals surface area contributed by atoms with E-state index in [-0.39, 0.29) is 0 Å². The molecule has 0 aromatic rings. The van der Waals surface area contributed by atoms with Gasteiger partial charge in [-0.15, -0.1) is 0 Å². The second-order valence-electron chi connectivity index (χ2n) is 2.54. The number of hydrogen-bond acceptors (Lipinski definition) is 1. The molecule has 0 amide bonds. The third-order valence-electron chi connectivity index (χ3n) is 0.929. The van der Waals surface area contributed by atoms with Gasteiger partial charge in [0.05, 0.1) is 0 Å². The summed E-state index contributed by atoms with van der Waals surface area (Å²) in [5, 5.41) is 0. The zero-order valence-electron chi connectivity index (χ0n) is 6.68. The Kier molecular flexibility index (Phi) is 4.02. The summed E-state index contributed by atoms with van der Waals surface area (Å²) in [4.78, 5) is 3.90. The molecule has 52 valence electrons. The molecular formula is C8H15N. The highest BCUT2D eigenvalue weighted by Crippen LogP contribution is 1.98. The van der Waals surface area contributed by atoms with Gasteiger partial charge in [-0.1, -0.05) is 19.9 Å². The smallest absolute Gasteiger partial charge is 0.0277 e. The van der Waals surface area contributed by atoms with E-state index >= 15 is 0 Å². The molecule has 0 aliphatic carbocycles. The van der Waals surface area contributed by atoms with E-state index in [1.54, 1.807) is 7.05 Å². The molecule has 0 unspecified atom stereocenters. The molecule has 0 radical (unpaired) electrons. The molecule has 1 heteroatoms. The third kappa shape index (κ3) is 5.28. The second kappa shape index (κ2) is 4.30. The Morgan fingerprint density at radius 2 is 2.00 bits per heavy atom. The predicted molar refractivity (Wildman–Crippen MR) is 43.0 cm³/mol. The second-order valence-corrected chi connectivity index (χ2v) is 2.54. The van der Waals surface area contributed by atoms with Crippen molar-refractivity contribution in [1.29, 1.82) is 0 Å². The minimum absolute atomic E-state index is 0.628. The number of rotatable bonds is 2. The van der Waals surface area contributed by atoms with Crippen molar-refractivity contribution in [2.24, 2.45) is 10.9 Å². The first-order valence-corrected chi connectivity index (χ1v) is 3.27. The molecule has 0 aliphatic heterocycles. The summed E-state index contributed by atoms with van der Waals surface area (Å²) < 4.78 is 0. The third-order valence-corrected chi connectivity index (χ3v) is 0.929. The van der Waals surface area contributed by atoms with Crippen molar-refractivity contribution >= 4 is 6.21 Å². The first-order valence-electron chi connectivity index (χ1n) is 3.27. The van der Waals surface area contributed by atoms with Crippen molar-refractivity contribution in [3.63, 3.8) is 0 Å². The van der Waals surface area contributed by atoms with E-state index < -0.39 is 0 Å². The average Bonchev–Trinajstić information content (AvgIpc) is 1.63. The number of hydrogen-bond donors (Lipinski definition) is 0. The average molecular weight is 125 g/mol. The van der Waals surface area contributed by atoms with Crippen molar-refractivity contribution in [3.8, 4) is 0 Å². The van der Waals surface area contributed by atoms with Gasteiger partial charge >= 0.3 is 0 Å². The lowest BCUT2D eigenvalue weighted by Crippen LogP contribution is -1.83. The summed E-state index contributed by atoms with van der Waals surface area (Å²) in [5.41, 5.74) is 1.24. The number of allylic oxidation sites excluding steroid dienone is 2. The molecular weight excluding hydrogens is 110 g/mol. The van der Waals surface area contributed by atoms with Crippen LogP contribution in [0.3, 0.4) is 0 Å². The van der Waals surface area contributed by atoms with E-state index in [0.29, 0.717) is 5.92 Å². The van der Waals surface area contributed by atoms with E-state index in [2.05, 4.69) is 31.8 Å². The molecule has 0 saturated heterocycles. The van der Waals surface area contributed by atoms with Gasteiger partial charge in [-0.25, -0.2) is 0 Å². The van der Waals surface area contributed by atoms with Crippen LogP contribution in [0.15, 0.2) is 16.6 Å². The largest absolute Gasteiger partial charge is 0.296 e. The molecule has 0 N–H and O–H groups in total. The van der Waals surface area contributed by atoms with E-state index in [1.807, 2.05) is 6.21 Å². The van der Waals surface area contributed by atoms with Gasteiger partial charge in [0, 0.05) is 13.3 Å². The molecule has 1 nitrogen and oxygen atoms in total. The van der Waals surface area contributed by atoms with Gasteiger partial charge in [-0.05, 0) is 18.4 Å². The Morgan fingerprint density at radius 3 is 2.33 bits per heavy atom. The van der Waals surface area contributed by atoms with Gasteiger partial charge in [-0.3, -0.25) is 4.99 Å². The SMILES string of the molecule is CN=C/C(C)=C\C(C)C. The highest BCUT2D eigenvalue weighted by Gasteiger charge is 1.85. The van der Waals surface area contributed by atoms with Crippen LogP contribution in [0, 0.1) is 5.92 Å². The van der Waals surface area contributed by atoms with Crippen LogP contribution in [0.2, 0.25) is 0 Å². The van der Waals surface area contributed by atoms with Crippen molar-refractivity contribution in [1.82, 2.24) is 0 Å². The number of nitrogens with zero attached hydrogens (tertiary/aromatic N) is 1. The molecule has 0 saturated carbocycles. The minimum Gasteiger partial charge on any atom is -0.296 e. The molecule has 0 aromatic heterocycles. The van der Waals surface area contributed by atoms with Crippen LogP contribution in [0.4, 0.5) is 0 Å². The zero-order valence-corrected chi connectivity index (χ0v) is 6.68. The Hall–Kier alpha value is -0.590. The Bertz CT molecular complexity index is 121. The monoisotopic (exact) mass is 125 g/mol. The molecule has 0 bridgehead atoms. The van der Waals surface area contributed by atoms with Crippen molar-refractivity contribution in [3.05, 3.63) is 11.6 Å². The summed E-state index contributed by atoms with van der Waals surface area (Å²) in [6.45, 7) is 6.38. The van der Waals surface area contributed by atoms with E-state index in [1.165, 1.54) is 5.57 Å². The maximum absolute atomic E-state index is 3.90. The quantitative estimate of drug-likeness (QED) is 0.502. The zero-order chi connectivity index (χ0) is 7.28. The molecule has 0 aromatic carbocycles. The topological polar surface area (TPSA) is 12.4 Å². The predicted octanol–water partition coefficient (Wildman–Crippen LogP) is 2.29. The van der Waals surface area contributed by atoms with Crippen LogP contribution in [-0.2, 0) is 0 Å². The summed E-state index contributed by atoms with van der Waals surface area (Å²) in [5.74, 6) is 0.628. The summed E-state index contributed by atoms with van der Waals surface area (Å²) in [6.07, 6.45) is 4.06. The molecule has 0 rings (SSSR count). The lowest BCUT2D eigenvalue weighted by Gasteiger charge is -1.94. The highest BCUT2D eigenvalue weighted by molar-refractivity contribution is 5.77. The first-order chi connectivity index (χ1) is 4.16. The summed E-state index contributed by atoms with van der Waals surface area (Å²) in [6, 6.07) is 0. The van der Waals surface area contributed by atoms with Crippen molar-refractivity contribution < 1.29 is 0 Å². The van der Waals surface area contributed by atoms with Gasteiger partial charge < -0.3 is 0 Å². The van der Waals surface area contributed by atoms with E-state index in [0.717, 1.165) is 0 Å². The maximum Gasteiger partial charge on any atom is 0.0277 e. The van der Waals surface area contributed by atoms with Crippen LogP contribution < -0.4 is 0 Å². The molecule has 0 fully saturated rings. The molecule has 0 aliphatic rings. The van der Waals surface area contributed by atoms with Gasteiger partial charge in [0.1, 0.15) is 0 Å². The van der Waals surface area contributed by atoms with Crippen molar-refractivity contribution in [2.45, 2.75) is 20.8 Å². The van der Waals surface area contributed by atoms with Gasteiger partial charge in [0.25, 0.3) is 0 Å². The van der Waals surface area contributed by atoms with E-state index in [4.69, 9.17) is 0 Å². The van der Waals surface area contributed by atoms with Crippen LogP contribution in [0.25, 0.3) is 0 Å². The first kappa shape index (κ1) is 8.41. The molecule has 0 atom stereocenters.